The maximum Gasteiger partial charge on any atom is 0.299 e. The van der Waals surface area contributed by atoms with Gasteiger partial charge in [-0.2, -0.15) is 5.10 Å². The van der Waals surface area contributed by atoms with Gasteiger partial charge in [0, 0.05) is 20.9 Å². The standard InChI is InChI=1S/C25H16BrCl2N3O3/c26-16-3-1-2-15(10-16)20-12-22(14-4-6-17(27)7-5-14)31(29-20)23(32)13-30-21-9-8-18(28)11-19(21)24(33)25(30)34/h1-11,22H,12-13H2. The molecule has 2 aliphatic heterocycles. The molecule has 2 amide bonds. The number of halogens is 3. The zero-order chi connectivity index (χ0) is 24.0. The van der Waals surface area contributed by atoms with Crippen LogP contribution in [0.25, 0.3) is 0 Å². The summed E-state index contributed by atoms with van der Waals surface area (Å²) < 4.78 is 0.900. The molecule has 2 heterocycles. The average molecular weight is 557 g/mol. The number of carbonyl (C=O) groups excluding carboxylic acids is 3. The van der Waals surface area contributed by atoms with E-state index in [2.05, 4.69) is 21.0 Å². The van der Waals surface area contributed by atoms with Crippen molar-refractivity contribution in [1.29, 1.82) is 0 Å². The van der Waals surface area contributed by atoms with Gasteiger partial charge in [-0.1, -0.05) is 63.4 Å². The van der Waals surface area contributed by atoms with E-state index in [1.54, 1.807) is 24.3 Å². The monoisotopic (exact) mass is 555 g/mol. The fourth-order valence-electron chi connectivity index (χ4n) is 4.16. The Bertz CT molecular complexity index is 1370. The third-order valence-corrected chi connectivity index (χ3v) is 6.79. The SMILES string of the molecule is O=C1C(=O)N(CC(=O)N2N=C(c3cccc(Br)c3)CC2c2ccc(Cl)cc2)c2ccc(Cl)cc21. The van der Waals surface area contributed by atoms with Crippen molar-refractivity contribution in [2.45, 2.75) is 12.5 Å². The van der Waals surface area contributed by atoms with Gasteiger partial charge >= 0.3 is 0 Å². The molecular weight excluding hydrogens is 541 g/mol. The van der Waals surface area contributed by atoms with Crippen molar-refractivity contribution in [3.8, 4) is 0 Å². The summed E-state index contributed by atoms with van der Waals surface area (Å²) in [5.41, 5.74) is 3.05. The first-order valence-electron chi connectivity index (χ1n) is 10.4. The van der Waals surface area contributed by atoms with Crippen LogP contribution in [0.4, 0.5) is 5.69 Å². The zero-order valence-electron chi connectivity index (χ0n) is 17.5. The molecule has 0 saturated carbocycles. The third kappa shape index (κ3) is 4.15. The van der Waals surface area contributed by atoms with E-state index in [4.69, 9.17) is 23.2 Å². The van der Waals surface area contributed by atoms with Gasteiger partial charge in [-0.15, -0.1) is 0 Å². The number of amides is 2. The van der Waals surface area contributed by atoms with Crippen LogP contribution in [0.3, 0.4) is 0 Å². The summed E-state index contributed by atoms with van der Waals surface area (Å²) in [7, 11) is 0. The van der Waals surface area contributed by atoms with E-state index in [-0.39, 0.29) is 18.2 Å². The molecule has 3 aromatic carbocycles. The first kappa shape index (κ1) is 22.8. The summed E-state index contributed by atoms with van der Waals surface area (Å²) in [6.45, 7) is -0.321. The van der Waals surface area contributed by atoms with Gasteiger partial charge in [-0.3, -0.25) is 19.3 Å². The topological polar surface area (TPSA) is 70.1 Å². The summed E-state index contributed by atoms with van der Waals surface area (Å²) in [6.07, 6.45) is 0.489. The molecule has 3 aromatic rings. The van der Waals surface area contributed by atoms with Crippen molar-refractivity contribution in [2.24, 2.45) is 5.10 Å². The number of nitrogens with zero attached hydrogens (tertiary/aromatic N) is 3. The van der Waals surface area contributed by atoms with Gasteiger partial charge in [-0.25, -0.2) is 5.01 Å². The first-order chi connectivity index (χ1) is 16.3. The van der Waals surface area contributed by atoms with Gasteiger partial charge in [0.25, 0.3) is 17.6 Å². The van der Waals surface area contributed by atoms with Crippen molar-refractivity contribution in [3.63, 3.8) is 0 Å². The minimum absolute atomic E-state index is 0.194. The molecule has 170 valence electrons. The Kier molecular flexibility index (Phi) is 6.02. The van der Waals surface area contributed by atoms with E-state index < -0.39 is 17.6 Å². The largest absolute Gasteiger partial charge is 0.299 e. The second kappa shape index (κ2) is 8.98. The van der Waals surface area contributed by atoms with Crippen LogP contribution in [-0.4, -0.2) is 34.9 Å². The molecule has 1 atom stereocenters. The molecule has 0 bridgehead atoms. The number of benzene rings is 3. The number of hydrazone groups is 1. The van der Waals surface area contributed by atoms with E-state index in [1.807, 2.05) is 36.4 Å². The van der Waals surface area contributed by atoms with Crippen molar-refractivity contribution in [1.82, 2.24) is 5.01 Å². The van der Waals surface area contributed by atoms with Crippen molar-refractivity contribution in [2.75, 3.05) is 11.4 Å². The quantitative estimate of drug-likeness (QED) is 0.389. The van der Waals surface area contributed by atoms with Crippen LogP contribution in [0.15, 0.2) is 76.3 Å². The van der Waals surface area contributed by atoms with E-state index in [0.29, 0.717) is 22.2 Å². The molecular formula is C25H16BrCl2N3O3. The van der Waals surface area contributed by atoms with Gasteiger partial charge in [0.2, 0.25) is 0 Å². The number of hydrogen-bond acceptors (Lipinski definition) is 4. The average Bonchev–Trinajstić information content (AvgIpc) is 3.36. The lowest BCUT2D eigenvalue weighted by Gasteiger charge is -2.24. The highest BCUT2D eigenvalue weighted by Gasteiger charge is 2.40. The van der Waals surface area contributed by atoms with Crippen molar-refractivity contribution >= 4 is 68.1 Å². The van der Waals surface area contributed by atoms with Crippen LogP contribution in [0.1, 0.15) is 33.9 Å². The summed E-state index contributed by atoms with van der Waals surface area (Å²) in [5.74, 6) is -1.85. The van der Waals surface area contributed by atoms with E-state index >= 15 is 0 Å². The first-order valence-corrected chi connectivity index (χ1v) is 11.9. The van der Waals surface area contributed by atoms with Gasteiger partial charge in [-0.05, 0) is 53.6 Å². The Hall–Kier alpha value is -3.00. The second-order valence-corrected chi connectivity index (χ2v) is 9.74. The Morgan fingerprint density at radius 1 is 1.00 bits per heavy atom. The predicted octanol–water partition coefficient (Wildman–Crippen LogP) is 5.66. The summed E-state index contributed by atoms with van der Waals surface area (Å²) in [6, 6.07) is 19.1. The summed E-state index contributed by atoms with van der Waals surface area (Å²) >= 11 is 15.5. The zero-order valence-corrected chi connectivity index (χ0v) is 20.6. The molecule has 9 heteroatoms. The normalized spacial score (nSPS) is 17.3. The fourth-order valence-corrected chi connectivity index (χ4v) is 4.86. The van der Waals surface area contributed by atoms with Crippen LogP contribution in [-0.2, 0) is 9.59 Å². The van der Waals surface area contributed by atoms with Gasteiger partial charge < -0.3 is 0 Å². The van der Waals surface area contributed by atoms with Crippen LogP contribution in [0.2, 0.25) is 10.0 Å². The Morgan fingerprint density at radius 3 is 2.47 bits per heavy atom. The lowest BCUT2D eigenvalue weighted by molar-refractivity contribution is -0.132. The molecule has 5 rings (SSSR count). The summed E-state index contributed by atoms with van der Waals surface area (Å²) in [4.78, 5) is 39.7. The fraction of sp³-hybridized carbons (Fsp3) is 0.120. The molecule has 2 aliphatic rings. The maximum absolute atomic E-state index is 13.5. The highest BCUT2D eigenvalue weighted by Crippen LogP contribution is 2.35. The molecule has 0 fully saturated rings. The van der Waals surface area contributed by atoms with Gasteiger partial charge in [0.1, 0.15) is 6.54 Å². The van der Waals surface area contributed by atoms with Gasteiger partial charge in [0.05, 0.1) is 23.0 Å². The van der Waals surface area contributed by atoms with Crippen molar-refractivity contribution in [3.05, 3.63) is 97.9 Å². The van der Waals surface area contributed by atoms with Crippen LogP contribution in [0, 0.1) is 0 Å². The lowest BCUT2D eigenvalue weighted by Crippen LogP contribution is -2.40. The predicted molar refractivity (Wildman–Crippen MR) is 134 cm³/mol. The van der Waals surface area contributed by atoms with E-state index in [0.717, 1.165) is 21.3 Å². The number of ketones is 1. The Morgan fingerprint density at radius 2 is 1.74 bits per heavy atom. The number of rotatable bonds is 4. The number of hydrogen-bond donors (Lipinski definition) is 0. The molecule has 0 N–H and O–H groups in total. The van der Waals surface area contributed by atoms with Crippen LogP contribution >= 0.6 is 39.1 Å². The van der Waals surface area contributed by atoms with Crippen molar-refractivity contribution < 1.29 is 14.4 Å². The lowest BCUT2D eigenvalue weighted by atomic mass is 9.98. The van der Waals surface area contributed by atoms with E-state index in [9.17, 15) is 14.4 Å². The molecule has 34 heavy (non-hydrogen) atoms. The van der Waals surface area contributed by atoms with Crippen LogP contribution in [0.5, 0.6) is 0 Å². The Labute approximate surface area is 213 Å². The molecule has 0 saturated heterocycles. The Balaban J connectivity index is 1.48. The third-order valence-electron chi connectivity index (χ3n) is 5.81. The van der Waals surface area contributed by atoms with Crippen LogP contribution < -0.4 is 4.90 Å². The molecule has 0 radical (unpaired) electrons. The number of anilines is 1. The molecule has 1 unspecified atom stereocenters. The highest BCUT2D eigenvalue weighted by atomic mass is 79.9. The smallest absolute Gasteiger partial charge is 0.295 e. The van der Waals surface area contributed by atoms with E-state index in [1.165, 1.54) is 16.0 Å². The molecule has 6 nitrogen and oxygen atoms in total. The minimum Gasteiger partial charge on any atom is -0.295 e. The summed E-state index contributed by atoms with van der Waals surface area (Å²) in [5, 5.41) is 6.97. The van der Waals surface area contributed by atoms with Gasteiger partial charge in [0.15, 0.2) is 0 Å². The molecule has 0 aromatic heterocycles. The number of Topliss-reactive ketones (excluding diaryl/α,β-unsaturated/α-hetero) is 1. The number of carbonyl (C=O) groups is 3. The highest BCUT2D eigenvalue weighted by molar-refractivity contribution is 9.10. The molecule has 0 spiro atoms. The minimum atomic E-state index is -0.760. The molecule has 0 aliphatic carbocycles. The number of fused-ring (bicyclic) bond motifs is 1. The second-order valence-electron chi connectivity index (χ2n) is 7.95. The maximum atomic E-state index is 13.5.